The molecule has 1 aliphatic heterocycles. The van der Waals surface area contributed by atoms with E-state index in [1.807, 2.05) is 7.05 Å². The van der Waals surface area contributed by atoms with Crippen LogP contribution in [-0.2, 0) is 0 Å². The number of hydrogen-bond donors (Lipinski definition) is 1. The first-order valence-corrected chi connectivity index (χ1v) is 7.37. The molecule has 0 radical (unpaired) electrons. The van der Waals surface area contributed by atoms with Crippen molar-refractivity contribution in [1.82, 2.24) is 10.2 Å². The smallest absolute Gasteiger partial charge is 0.108 e. The molecule has 3 heteroatoms. The summed E-state index contributed by atoms with van der Waals surface area (Å²) in [6, 6.07) is 3.75. The zero-order chi connectivity index (χ0) is 13.3. The summed E-state index contributed by atoms with van der Waals surface area (Å²) in [4.78, 5) is 2.68. The minimum Gasteiger partial charge on any atom is -0.302 e. The van der Waals surface area contributed by atoms with Gasteiger partial charge in [-0.25, -0.2) is 0 Å². The van der Waals surface area contributed by atoms with Gasteiger partial charge in [0.1, 0.15) is 5.54 Å². The Balaban J connectivity index is 2.07. The van der Waals surface area contributed by atoms with Crippen LogP contribution in [0.15, 0.2) is 0 Å². The van der Waals surface area contributed by atoms with E-state index < -0.39 is 0 Å². The second-order valence-electron chi connectivity index (χ2n) is 6.60. The van der Waals surface area contributed by atoms with Gasteiger partial charge in [-0.15, -0.1) is 0 Å². The van der Waals surface area contributed by atoms with E-state index in [9.17, 15) is 5.26 Å². The minimum absolute atomic E-state index is 0.270. The lowest BCUT2D eigenvalue weighted by atomic mass is 9.84. The first kappa shape index (κ1) is 13.8. The Morgan fingerprint density at radius 2 is 2.06 bits per heavy atom. The number of piperidine rings is 1. The molecule has 3 nitrogen and oxygen atoms in total. The van der Waals surface area contributed by atoms with Crippen LogP contribution in [-0.4, -0.2) is 36.1 Å². The summed E-state index contributed by atoms with van der Waals surface area (Å²) < 4.78 is 0. The lowest BCUT2D eigenvalue weighted by Gasteiger charge is -2.44. The Morgan fingerprint density at radius 3 is 2.61 bits per heavy atom. The van der Waals surface area contributed by atoms with E-state index >= 15 is 0 Å². The highest BCUT2D eigenvalue weighted by molar-refractivity contribution is 5.13. The van der Waals surface area contributed by atoms with Crippen LogP contribution in [0.4, 0.5) is 0 Å². The Labute approximate surface area is 112 Å². The molecule has 5 unspecified atom stereocenters. The molecule has 18 heavy (non-hydrogen) atoms. The van der Waals surface area contributed by atoms with Gasteiger partial charge in [-0.05, 0) is 51.5 Å². The molecule has 1 N–H and O–H groups in total. The van der Waals surface area contributed by atoms with E-state index in [0.717, 1.165) is 31.1 Å². The summed E-state index contributed by atoms with van der Waals surface area (Å²) in [7, 11) is 1.93. The maximum Gasteiger partial charge on any atom is 0.108 e. The third kappa shape index (κ3) is 2.41. The second-order valence-corrected chi connectivity index (χ2v) is 6.60. The average molecular weight is 249 g/mol. The van der Waals surface area contributed by atoms with Crippen molar-refractivity contribution in [2.45, 2.75) is 64.1 Å². The zero-order valence-electron chi connectivity index (χ0n) is 12.2. The van der Waals surface area contributed by atoms with Gasteiger partial charge in [0.15, 0.2) is 0 Å². The Bertz CT molecular complexity index is 335. The van der Waals surface area contributed by atoms with Gasteiger partial charge in [-0.1, -0.05) is 13.8 Å². The van der Waals surface area contributed by atoms with Crippen LogP contribution < -0.4 is 5.32 Å². The van der Waals surface area contributed by atoms with Crippen molar-refractivity contribution >= 4 is 0 Å². The van der Waals surface area contributed by atoms with E-state index in [1.54, 1.807) is 0 Å². The van der Waals surface area contributed by atoms with Gasteiger partial charge in [0.05, 0.1) is 6.07 Å². The molecule has 2 aliphatic rings. The molecule has 1 saturated heterocycles. The van der Waals surface area contributed by atoms with Crippen LogP contribution in [0, 0.1) is 23.2 Å². The van der Waals surface area contributed by atoms with Crippen molar-refractivity contribution in [3.63, 3.8) is 0 Å². The molecule has 102 valence electrons. The molecule has 5 atom stereocenters. The number of likely N-dealkylation sites (tertiary alicyclic amines) is 1. The number of nitrogens with one attached hydrogen (secondary N) is 1. The van der Waals surface area contributed by atoms with Gasteiger partial charge in [-0.3, -0.25) is 4.90 Å². The lowest BCUT2D eigenvalue weighted by Crippen LogP contribution is -2.51. The van der Waals surface area contributed by atoms with Crippen LogP contribution in [0.1, 0.15) is 46.5 Å². The van der Waals surface area contributed by atoms with Gasteiger partial charge in [0.2, 0.25) is 0 Å². The highest BCUT2D eigenvalue weighted by Gasteiger charge is 2.43. The molecule has 2 fully saturated rings. The van der Waals surface area contributed by atoms with Crippen molar-refractivity contribution in [2.75, 3.05) is 13.6 Å². The molecule has 1 aliphatic carbocycles. The van der Waals surface area contributed by atoms with Crippen molar-refractivity contribution in [3.8, 4) is 6.07 Å². The molecule has 0 aromatic rings. The van der Waals surface area contributed by atoms with Crippen LogP contribution >= 0.6 is 0 Å². The predicted molar refractivity (Wildman–Crippen MR) is 74.2 cm³/mol. The number of nitrogens with zero attached hydrogens (tertiary/aromatic N) is 2. The number of hydrogen-bond acceptors (Lipinski definition) is 3. The first-order chi connectivity index (χ1) is 8.51. The first-order valence-electron chi connectivity index (χ1n) is 7.37. The number of nitriles is 1. The SMILES string of the molecule is CNC1(C#N)CCC(N2CC(C)CC(C)C2C)C1. The normalized spacial score (nSPS) is 45.9. The summed E-state index contributed by atoms with van der Waals surface area (Å²) in [6.45, 7) is 8.31. The van der Waals surface area contributed by atoms with Gasteiger partial charge in [0.25, 0.3) is 0 Å². The maximum atomic E-state index is 9.37. The molecular formula is C15H27N3. The van der Waals surface area contributed by atoms with Gasteiger partial charge in [-0.2, -0.15) is 5.26 Å². The minimum atomic E-state index is -0.270. The zero-order valence-corrected chi connectivity index (χ0v) is 12.2. The third-order valence-corrected chi connectivity index (χ3v) is 5.29. The topological polar surface area (TPSA) is 39.1 Å². The Hall–Kier alpha value is -0.590. The average Bonchev–Trinajstić information content (AvgIpc) is 2.79. The highest BCUT2D eigenvalue weighted by Crippen LogP contribution is 2.37. The molecule has 2 rings (SSSR count). The van der Waals surface area contributed by atoms with Crippen LogP contribution in [0.3, 0.4) is 0 Å². The lowest BCUT2D eigenvalue weighted by molar-refractivity contribution is 0.0407. The highest BCUT2D eigenvalue weighted by atomic mass is 15.2. The van der Waals surface area contributed by atoms with Crippen LogP contribution in [0.25, 0.3) is 0 Å². The molecule has 0 spiro atoms. The largest absolute Gasteiger partial charge is 0.302 e. The van der Waals surface area contributed by atoms with E-state index in [-0.39, 0.29) is 5.54 Å². The summed E-state index contributed by atoms with van der Waals surface area (Å²) >= 11 is 0. The summed E-state index contributed by atoms with van der Waals surface area (Å²) in [5.74, 6) is 1.57. The van der Waals surface area contributed by atoms with E-state index in [0.29, 0.717) is 12.1 Å². The van der Waals surface area contributed by atoms with E-state index in [1.165, 1.54) is 13.0 Å². The van der Waals surface area contributed by atoms with Gasteiger partial charge in [0, 0.05) is 18.6 Å². The molecule has 0 amide bonds. The van der Waals surface area contributed by atoms with Gasteiger partial charge < -0.3 is 5.32 Å². The molecule has 1 heterocycles. The molecule has 0 aromatic heterocycles. The molecule has 0 aromatic carbocycles. The van der Waals surface area contributed by atoms with Crippen LogP contribution in [0.5, 0.6) is 0 Å². The Morgan fingerprint density at radius 1 is 1.33 bits per heavy atom. The predicted octanol–water partition coefficient (Wildman–Crippen LogP) is 2.39. The third-order valence-electron chi connectivity index (χ3n) is 5.29. The van der Waals surface area contributed by atoms with Gasteiger partial charge >= 0.3 is 0 Å². The van der Waals surface area contributed by atoms with Crippen molar-refractivity contribution in [1.29, 1.82) is 5.26 Å². The molecular weight excluding hydrogens is 222 g/mol. The monoisotopic (exact) mass is 249 g/mol. The van der Waals surface area contributed by atoms with E-state index in [2.05, 4.69) is 37.1 Å². The summed E-state index contributed by atoms with van der Waals surface area (Å²) in [5.41, 5.74) is -0.270. The fourth-order valence-corrected chi connectivity index (χ4v) is 3.93. The van der Waals surface area contributed by atoms with Crippen molar-refractivity contribution in [2.24, 2.45) is 11.8 Å². The van der Waals surface area contributed by atoms with E-state index in [4.69, 9.17) is 0 Å². The second kappa shape index (κ2) is 5.19. The maximum absolute atomic E-state index is 9.37. The Kier molecular flexibility index (Phi) is 3.99. The quantitative estimate of drug-likeness (QED) is 0.816. The van der Waals surface area contributed by atoms with Crippen molar-refractivity contribution in [3.05, 3.63) is 0 Å². The molecule has 0 bridgehead atoms. The summed E-state index contributed by atoms with van der Waals surface area (Å²) in [5, 5.41) is 12.6. The molecule has 1 saturated carbocycles. The fraction of sp³-hybridized carbons (Fsp3) is 0.933. The number of rotatable bonds is 2. The van der Waals surface area contributed by atoms with Crippen LogP contribution in [0.2, 0.25) is 0 Å². The van der Waals surface area contributed by atoms with Crippen molar-refractivity contribution < 1.29 is 0 Å². The standard InChI is InChI=1S/C15H27N3/c1-11-7-12(2)13(3)18(9-11)14-5-6-15(8-14,10-16)17-4/h11-14,17H,5-9H2,1-4H3. The summed E-state index contributed by atoms with van der Waals surface area (Å²) in [6.07, 6.45) is 4.50. The fourth-order valence-electron chi connectivity index (χ4n) is 3.93.